The second-order valence-corrected chi connectivity index (χ2v) is 3.80. The molecule has 2 aliphatic rings. The molecule has 13 heavy (non-hydrogen) atoms. The Labute approximate surface area is 78.5 Å². The zero-order valence-electron chi connectivity index (χ0n) is 7.99. The maximum atomic E-state index is 5.44. The van der Waals surface area contributed by atoms with Crippen LogP contribution in [-0.4, -0.2) is 25.6 Å². The Kier molecular flexibility index (Phi) is 2.51. The zero-order valence-corrected chi connectivity index (χ0v) is 7.99. The van der Waals surface area contributed by atoms with Crippen molar-refractivity contribution in [3.63, 3.8) is 0 Å². The number of amidine groups is 1. The molecule has 2 atom stereocenters. The topological polar surface area (TPSA) is 59.6 Å². The molecule has 1 heterocycles. The molecule has 0 amide bonds. The molecule has 0 bridgehead atoms. The van der Waals surface area contributed by atoms with E-state index in [-0.39, 0.29) is 0 Å². The van der Waals surface area contributed by atoms with E-state index in [4.69, 9.17) is 10.6 Å². The van der Waals surface area contributed by atoms with Crippen LogP contribution in [-0.2, 0) is 4.74 Å². The summed E-state index contributed by atoms with van der Waals surface area (Å²) < 4.78 is 5.31. The first-order valence-electron chi connectivity index (χ1n) is 4.97. The number of aliphatic imine (C=N–C) groups is 1. The Bertz CT molecular complexity index is 207. The van der Waals surface area contributed by atoms with Gasteiger partial charge in [-0.3, -0.25) is 4.99 Å². The summed E-state index contributed by atoms with van der Waals surface area (Å²) in [4.78, 5) is 4.43. The average molecular weight is 183 g/mol. The summed E-state index contributed by atoms with van der Waals surface area (Å²) in [7, 11) is 0. The van der Waals surface area contributed by atoms with Crippen LogP contribution in [0, 0.1) is 17.8 Å². The van der Waals surface area contributed by atoms with Gasteiger partial charge in [-0.05, 0) is 18.3 Å². The molecule has 1 aliphatic carbocycles. The smallest absolute Gasteiger partial charge is 0.114 e. The fraction of sp³-hybridized carbons (Fsp3) is 0.889. The molecule has 1 saturated heterocycles. The van der Waals surface area contributed by atoms with Crippen molar-refractivity contribution in [2.24, 2.45) is 28.6 Å². The standard InChI is InChI=1S/C9H17N3O/c1-2-3-11-9(12-10)8-6-4-13-5-7(6)8/h6-8H,2-5,10H2,1H3,(H,11,12). The lowest BCUT2D eigenvalue weighted by atomic mass is 10.3. The predicted molar refractivity (Wildman–Crippen MR) is 51.2 cm³/mol. The van der Waals surface area contributed by atoms with Gasteiger partial charge < -0.3 is 10.2 Å². The molecule has 0 spiro atoms. The molecule has 4 heteroatoms. The van der Waals surface area contributed by atoms with Crippen LogP contribution in [0.1, 0.15) is 13.3 Å². The van der Waals surface area contributed by atoms with Crippen LogP contribution >= 0.6 is 0 Å². The van der Waals surface area contributed by atoms with Gasteiger partial charge in [0.15, 0.2) is 0 Å². The molecular formula is C9H17N3O. The van der Waals surface area contributed by atoms with E-state index in [0.717, 1.165) is 32.0 Å². The third-order valence-electron chi connectivity index (χ3n) is 2.92. The van der Waals surface area contributed by atoms with Crippen molar-refractivity contribution in [3.05, 3.63) is 0 Å². The number of hydrogen-bond acceptors (Lipinski definition) is 3. The van der Waals surface area contributed by atoms with Gasteiger partial charge in [0.2, 0.25) is 0 Å². The third-order valence-corrected chi connectivity index (χ3v) is 2.92. The monoisotopic (exact) mass is 183 g/mol. The first-order valence-corrected chi connectivity index (χ1v) is 4.97. The van der Waals surface area contributed by atoms with Gasteiger partial charge in [0.25, 0.3) is 0 Å². The number of hydrogen-bond donors (Lipinski definition) is 2. The van der Waals surface area contributed by atoms with Gasteiger partial charge in [-0.2, -0.15) is 0 Å². The molecule has 3 N–H and O–H groups in total. The van der Waals surface area contributed by atoms with Crippen LogP contribution in [0.5, 0.6) is 0 Å². The lowest BCUT2D eigenvalue weighted by molar-refractivity contribution is 0.159. The first kappa shape index (κ1) is 8.97. The van der Waals surface area contributed by atoms with E-state index in [1.807, 2.05) is 0 Å². The molecule has 0 aromatic carbocycles. The Hall–Kier alpha value is -0.610. The molecular weight excluding hydrogens is 166 g/mol. The van der Waals surface area contributed by atoms with Gasteiger partial charge in [0, 0.05) is 12.5 Å². The van der Waals surface area contributed by atoms with E-state index in [0.29, 0.717) is 17.8 Å². The van der Waals surface area contributed by atoms with Crippen molar-refractivity contribution >= 4 is 5.84 Å². The van der Waals surface area contributed by atoms with Gasteiger partial charge in [-0.25, -0.2) is 5.84 Å². The Morgan fingerprint density at radius 3 is 2.77 bits per heavy atom. The number of nitrogens with one attached hydrogen (secondary N) is 1. The second kappa shape index (κ2) is 3.64. The minimum atomic E-state index is 0.560. The highest BCUT2D eigenvalue weighted by molar-refractivity contribution is 5.87. The number of nitrogens with two attached hydrogens (primary N) is 1. The normalized spacial score (nSPS) is 37.4. The fourth-order valence-corrected chi connectivity index (χ4v) is 2.12. The van der Waals surface area contributed by atoms with Crippen molar-refractivity contribution < 1.29 is 4.74 Å². The molecule has 2 rings (SSSR count). The lowest BCUT2D eigenvalue weighted by Gasteiger charge is -2.07. The van der Waals surface area contributed by atoms with Crippen LogP contribution in [0.2, 0.25) is 0 Å². The van der Waals surface area contributed by atoms with Gasteiger partial charge in [0.1, 0.15) is 5.84 Å². The van der Waals surface area contributed by atoms with Crippen LogP contribution in [0.15, 0.2) is 4.99 Å². The van der Waals surface area contributed by atoms with Crippen LogP contribution in [0.25, 0.3) is 0 Å². The highest BCUT2D eigenvalue weighted by Crippen LogP contribution is 2.50. The van der Waals surface area contributed by atoms with Crippen molar-refractivity contribution in [1.29, 1.82) is 0 Å². The summed E-state index contributed by atoms with van der Waals surface area (Å²) in [5.41, 5.74) is 2.72. The van der Waals surface area contributed by atoms with Crippen molar-refractivity contribution in [1.82, 2.24) is 5.43 Å². The molecule has 2 fully saturated rings. The first-order chi connectivity index (χ1) is 6.38. The van der Waals surface area contributed by atoms with Crippen molar-refractivity contribution in [2.45, 2.75) is 13.3 Å². The third kappa shape index (κ3) is 1.56. The average Bonchev–Trinajstić information content (AvgIpc) is 2.62. The molecule has 4 nitrogen and oxygen atoms in total. The SMILES string of the molecule is CCCN=C(NN)C1C2COCC21. The van der Waals surface area contributed by atoms with Crippen LogP contribution in [0.4, 0.5) is 0 Å². The largest absolute Gasteiger partial charge is 0.381 e. The minimum Gasteiger partial charge on any atom is -0.381 e. The lowest BCUT2D eigenvalue weighted by Crippen LogP contribution is -2.34. The summed E-state index contributed by atoms with van der Waals surface area (Å²) in [6.07, 6.45) is 1.07. The fourth-order valence-electron chi connectivity index (χ4n) is 2.12. The highest BCUT2D eigenvalue weighted by Gasteiger charge is 2.56. The summed E-state index contributed by atoms with van der Waals surface area (Å²) in [5.74, 6) is 8.36. The summed E-state index contributed by atoms with van der Waals surface area (Å²) in [6, 6.07) is 0. The highest BCUT2D eigenvalue weighted by atomic mass is 16.5. The Balaban J connectivity index is 1.91. The number of hydrazine groups is 1. The zero-order chi connectivity index (χ0) is 9.26. The van der Waals surface area contributed by atoms with Crippen LogP contribution in [0.3, 0.4) is 0 Å². The maximum Gasteiger partial charge on any atom is 0.114 e. The van der Waals surface area contributed by atoms with Gasteiger partial charge in [0.05, 0.1) is 13.2 Å². The Morgan fingerprint density at radius 2 is 2.23 bits per heavy atom. The summed E-state index contributed by atoms with van der Waals surface area (Å²) in [6.45, 7) is 4.77. The predicted octanol–water partition coefficient (Wildman–Crippen LogP) is 0.151. The van der Waals surface area contributed by atoms with Crippen molar-refractivity contribution in [3.8, 4) is 0 Å². The minimum absolute atomic E-state index is 0.560. The van der Waals surface area contributed by atoms with E-state index in [1.54, 1.807) is 0 Å². The number of ether oxygens (including phenoxy) is 1. The maximum absolute atomic E-state index is 5.44. The van der Waals surface area contributed by atoms with Crippen molar-refractivity contribution in [2.75, 3.05) is 19.8 Å². The van der Waals surface area contributed by atoms with E-state index in [1.165, 1.54) is 0 Å². The Morgan fingerprint density at radius 1 is 1.54 bits per heavy atom. The second-order valence-electron chi connectivity index (χ2n) is 3.80. The number of rotatable bonds is 3. The molecule has 2 unspecified atom stereocenters. The molecule has 0 aromatic heterocycles. The number of nitrogens with zero attached hydrogens (tertiary/aromatic N) is 1. The van der Waals surface area contributed by atoms with Gasteiger partial charge in [-0.15, -0.1) is 0 Å². The van der Waals surface area contributed by atoms with Crippen LogP contribution < -0.4 is 11.3 Å². The quantitative estimate of drug-likeness (QED) is 0.283. The molecule has 0 aromatic rings. The summed E-state index contributed by atoms with van der Waals surface area (Å²) in [5, 5.41) is 0. The molecule has 0 radical (unpaired) electrons. The molecule has 74 valence electrons. The number of fused-ring (bicyclic) bond motifs is 1. The molecule has 1 aliphatic heterocycles. The van der Waals surface area contributed by atoms with Gasteiger partial charge in [-0.1, -0.05) is 6.92 Å². The van der Waals surface area contributed by atoms with Gasteiger partial charge >= 0.3 is 0 Å². The van der Waals surface area contributed by atoms with E-state index >= 15 is 0 Å². The van der Waals surface area contributed by atoms with E-state index < -0.39 is 0 Å². The summed E-state index contributed by atoms with van der Waals surface area (Å²) >= 11 is 0. The van der Waals surface area contributed by atoms with E-state index in [9.17, 15) is 0 Å². The van der Waals surface area contributed by atoms with E-state index in [2.05, 4.69) is 17.3 Å². The molecule has 1 saturated carbocycles.